The van der Waals surface area contributed by atoms with Gasteiger partial charge in [-0.05, 0) is 44.4 Å². The molecule has 0 aliphatic heterocycles. The second-order valence-electron chi connectivity index (χ2n) is 6.65. The summed E-state index contributed by atoms with van der Waals surface area (Å²) in [4.78, 5) is 12.2. The van der Waals surface area contributed by atoms with Crippen LogP contribution >= 0.6 is 23.1 Å². The van der Waals surface area contributed by atoms with Crippen LogP contribution in [0.25, 0.3) is 0 Å². The number of benzene rings is 2. The van der Waals surface area contributed by atoms with Crippen molar-refractivity contribution >= 4 is 39.8 Å². The second-order valence-corrected chi connectivity index (χ2v) is 8.85. The van der Waals surface area contributed by atoms with Crippen molar-refractivity contribution < 1.29 is 4.79 Å². The van der Waals surface area contributed by atoms with Crippen LogP contribution in [0.2, 0.25) is 0 Å². The van der Waals surface area contributed by atoms with Gasteiger partial charge in [-0.1, -0.05) is 71.1 Å². The third-order valence-electron chi connectivity index (χ3n) is 4.15. The van der Waals surface area contributed by atoms with Crippen molar-refractivity contribution in [1.82, 2.24) is 15.5 Å². The number of carbonyl (C=O) groups excluding carboxylic acids is 1. The molecule has 2 N–H and O–H groups in total. The molecule has 146 valence electrons. The maximum Gasteiger partial charge on any atom is 0.230 e. The van der Waals surface area contributed by atoms with E-state index in [9.17, 15) is 4.79 Å². The lowest BCUT2D eigenvalue weighted by molar-refractivity contribution is -0.119. The van der Waals surface area contributed by atoms with Crippen LogP contribution in [-0.4, -0.2) is 27.9 Å². The number of anilines is 2. The van der Waals surface area contributed by atoms with E-state index in [4.69, 9.17) is 0 Å². The zero-order valence-electron chi connectivity index (χ0n) is 16.0. The van der Waals surface area contributed by atoms with Crippen molar-refractivity contribution in [3.63, 3.8) is 0 Å². The number of amides is 1. The van der Waals surface area contributed by atoms with Gasteiger partial charge in [-0.3, -0.25) is 4.79 Å². The number of thioether (sulfide) groups is 1. The summed E-state index contributed by atoms with van der Waals surface area (Å²) in [6, 6.07) is 18.6. The van der Waals surface area contributed by atoms with Gasteiger partial charge in [0.1, 0.15) is 0 Å². The maximum absolute atomic E-state index is 12.2. The minimum absolute atomic E-state index is 0.0220. The number of nitrogens with zero attached hydrogens (tertiary/aromatic N) is 2. The average Bonchev–Trinajstić information content (AvgIpc) is 3.15. The largest absolute Gasteiger partial charge is 0.353 e. The molecule has 2 aromatic carbocycles. The van der Waals surface area contributed by atoms with Gasteiger partial charge in [0, 0.05) is 11.7 Å². The average molecular weight is 413 g/mol. The van der Waals surface area contributed by atoms with Crippen molar-refractivity contribution in [1.29, 1.82) is 0 Å². The van der Waals surface area contributed by atoms with Crippen molar-refractivity contribution in [3.05, 3.63) is 65.7 Å². The van der Waals surface area contributed by atoms with Gasteiger partial charge in [0.2, 0.25) is 11.0 Å². The predicted molar refractivity (Wildman–Crippen MR) is 117 cm³/mol. The molecule has 0 aliphatic carbocycles. The molecular weight excluding hydrogens is 388 g/mol. The van der Waals surface area contributed by atoms with Crippen LogP contribution in [-0.2, 0) is 11.2 Å². The van der Waals surface area contributed by atoms with Gasteiger partial charge in [0.25, 0.3) is 0 Å². The Kier molecular flexibility index (Phi) is 7.45. The third-order valence-corrected chi connectivity index (χ3v) is 6.12. The molecule has 1 amide bonds. The Morgan fingerprint density at radius 3 is 2.61 bits per heavy atom. The molecule has 5 nitrogen and oxygen atoms in total. The minimum Gasteiger partial charge on any atom is -0.353 e. The Bertz CT molecular complexity index is 881. The van der Waals surface area contributed by atoms with Crippen molar-refractivity contribution in [2.45, 2.75) is 37.1 Å². The van der Waals surface area contributed by atoms with Gasteiger partial charge >= 0.3 is 0 Å². The van der Waals surface area contributed by atoms with Crippen LogP contribution in [0.4, 0.5) is 10.8 Å². The van der Waals surface area contributed by atoms with E-state index < -0.39 is 0 Å². The molecule has 0 spiro atoms. The van der Waals surface area contributed by atoms with E-state index in [1.54, 1.807) is 0 Å². The fourth-order valence-corrected chi connectivity index (χ4v) is 4.21. The highest BCUT2D eigenvalue weighted by Crippen LogP contribution is 2.27. The highest BCUT2D eigenvalue weighted by Gasteiger charge is 2.11. The van der Waals surface area contributed by atoms with E-state index >= 15 is 0 Å². The Hall–Kier alpha value is -2.38. The Balaban J connectivity index is 1.39. The quantitative estimate of drug-likeness (QED) is 0.493. The lowest BCUT2D eigenvalue weighted by Gasteiger charge is -2.13. The summed E-state index contributed by atoms with van der Waals surface area (Å²) in [6.45, 7) is 4.09. The van der Waals surface area contributed by atoms with Crippen LogP contribution in [0.5, 0.6) is 0 Å². The zero-order chi connectivity index (χ0) is 19.8. The molecule has 0 bridgehead atoms. The number of aryl methyl sites for hydroxylation is 2. The molecule has 1 atom stereocenters. The van der Waals surface area contributed by atoms with E-state index in [-0.39, 0.29) is 11.9 Å². The van der Waals surface area contributed by atoms with E-state index in [1.807, 2.05) is 49.4 Å². The van der Waals surface area contributed by atoms with Gasteiger partial charge in [0.05, 0.1) is 5.75 Å². The second kappa shape index (κ2) is 10.2. The summed E-state index contributed by atoms with van der Waals surface area (Å²) >= 11 is 2.86. The molecule has 0 unspecified atom stereocenters. The topological polar surface area (TPSA) is 66.9 Å². The standard InChI is InChI=1S/C21H24N4OS2/c1-15-8-12-18(13-9-15)23-20-24-25-21(28-20)27-14-19(26)22-16(2)10-11-17-6-4-3-5-7-17/h3-9,12-13,16H,10-11,14H2,1-2H3,(H,22,26)(H,23,24)/t16-/m1/s1. The van der Waals surface area contributed by atoms with Crippen LogP contribution < -0.4 is 10.6 Å². The monoisotopic (exact) mass is 412 g/mol. The van der Waals surface area contributed by atoms with Gasteiger partial charge in [-0.15, -0.1) is 10.2 Å². The van der Waals surface area contributed by atoms with E-state index in [2.05, 4.69) is 39.9 Å². The molecule has 0 fully saturated rings. The molecule has 7 heteroatoms. The summed E-state index contributed by atoms with van der Waals surface area (Å²) < 4.78 is 0.779. The number of aromatic nitrogens is 2. The van der Waals surface area contributed by atoms with Crippen molar-refractivity contribution in [2.24, 2.45) is 0 Å². The molecule has 0 saturated carbocycles. The van der Waals surface area contributed by atoms with Gasteiger partial charge in [-0.25, -0.2) is 0 Å². The summed E-state index contributed by atoms with van der Waals surface area (Å²) in [5, 5.41) is 15.3. The van der Waals surface area contributed by atoms with Crippen molar-refractivity contribution in [2.75, 3.05) is 11.1 Å². The lowest BCUT2D eigenvalue weighted by Crippen LogP contribution is -2.34. The first-order chi connectivity index (χ1) is 13.6. The number of hydrogen-bond acceptors (Lipinski definition) is 6. The van der Waals surface area contributed by atoms with Crippen LogP contribution in [0.15, 0.2) is 58.9 Å². The number of nitrogens with one attached hydrogen (secondary N) is 2. The lowest BCUT2D eigenvalue weighted by atomic mass is 10.1. The van der Waals surface area contributed by atoms with Gasteiger partial charge in [0.15, 0.2) is 4.34 Å². The zero-order valence-corrected chi connectivity index (χ0v) is 17.6. The Morgan fingerprint density at radius 2 is 1.86 bits per heavy atom. The summed E-state index contributed by atoms with van der Waals surface area (Å²) in [5.41, 5.74) is 3.48. The molecule has 0 aliphatic rings. The highest BCUT2D eigenvalue weighted by atomic mass is 32.2. The predicted octanol–water partition coefficient (Wildman–Crippen LogP) is 4.82. The molecule has 1 heterocycles. The minimum atomic E-state index is 0.0220. The van der Waals surface area contributed by atoms with Crippen molar-refractivity contribution in [3.8, 4) is 0 Å². The smallest absolute Gasteiger partial charge is 0.230 e. The summed E-state index contributed by atoms with van der Waals surface area (Å²) in [6.07, 6.45) is 1.88. The molecule has 0 radical (unpaired) electrons. The highest BCUT2D eigenvalue weighted by molar-refractivity contribution is 8.01. The van der Waals surface area contributed by atoms with Gasteiger partial charge < -0.3 is 10.6 Å². The van der Waals surface area contributed by atoms with E-state index in [1.165, 1.54) is 34.2 Å². The maximum atomic E-state index is 12.2. The SMILES string of the molecule is Cc1ccc(Nc2nnc(SCC(=O)N[C@H](C)CCc3ccccc3)s2)cc1. The molecule has 0 saturated heterocycles. The molecule has 1 aromatic heterocycles. The Labute approximate surface area is 174 Å². The first kappa shape index (κ1) is 20.4. The number of carbonyl (C=O) groups is 1. The van der Waals surface area contributed by atoms with Crippen LogP contribution in [0.3, 0.4) is 0 Å². The number of rotatable bonds is 9. The molecule has 3 rings (SSSR count). The normalized spacial score (nSPS) is 11.8. The fourth-order valence-electron chi connectivity index (χ4n) is 2.62. The summed E-state index contributed by atoms with van der Waals surface area (Å²) in [7, 11) is 0. The molecule has 3 aromatic rings. The first-order valence-electron chi connectivity index (χ1n) is 9.22. The third kappa shape index (κ3) is 6.65. The van der Waals surface area contributed by atoms with E-state index in [0.29, 0.717) is 5.75 Å². The number of hydrogen-bond donors (Lipinski definition) is 2. The Morgan fingerprint density at radius 1 is 1.11 bits per heavy atom. The van der Waals surface area contributed by atoms with Crippen LogP contribution in [0, 0.1) is 6.92 Å². The van der Waals surface area contributed by atoms with Gasteiger partial charge in [-0.2, -0.15) is 0 Å². The molecule has 28 heavy (non-hydrogen) atoms. The van der Waals surface area contributed by atoms with E-state index in [0.717, 1.165) is 28.0 Å². The first-order valence-corrected chi connectivity index (χ1v) is 11.0. The fraction of sp³-hybridized carbons (Fsp3) is 0.286. The van der Waals surface area contributed by atoms with Crippen LogP contribution in [0.1, 0.15) is 24.5 Å². The summed E-state index contributed by atoms with van der Waals surface area (Å²) in [5.74, 6) is 0.364. The molecular formula is C21H24N4OS2.